The first-order valence-electron chi connectivity index (χ1n) is 5.21. The second-order valence-electron chi connectivity index (χ2n) is 5.06. The van der Waals surface area contributed by atoms with Gasteiger partial charge in [-0.05, 0) is 30.4 Å². The van der Waals surface area contributed by atoms with Crippen LogP contribution in [0.3, 0.4) is 0 Å². The van der Waals surface area contributed by atoms with E-state index in [9.17, 15) is 5.11 Å². The zero-order valence-corrected chi connectivity index (χ0v) is 9.57. The van der Waals surface area contributed by atoms with Gasteiger partial charge in [0.25, 0.3) is 0 Å². The summed E-state index contributed by atoms with van der Waals surface area (Å²) in [6.45, 7) is 6.43. The van der Waals surface area contributed by atoms with Gasteiger partial charge >= 0.3 is 0 Å². The Morgan fingerprint density at radius 1 is 1.33 bits per heavy atom. The van der Waals surface area contributed by atoms with E-state index in [0.717, 1.165) is 6.42 Å². The van der Waals surface area contributed by atoms with E-state index < -0.39 is 6.10 Å². The average Bonchev–Trinajstić information content (AvgIpc) is 2.14. The zero-order chi connectivity index (χ0) is 11.5. The van der Waals surface area contributed by atoms with Crippen LogP contribution in [0.15, 0.2) is 18.3 Å². The molecule has 0 aliphatic rings. The molecule has 3 nitrogen and oxygen atoms in total. The third-order valence-corrected chi connectivity index (χ3v) is 2.28. The normalized spacial score (nSPS) is 13.9. The van der Waals surface area contributed by atoms with E-state index in [1.54, 1.807) is 12.1 Å². The third kappa shape index (κ3) is 4.30. The number of aromatic hydroxyl groups is 1. The van der Waals surface area contributed by atoms with Crippen molar-refractivity contribution in [1.29, 1.82) is 0 Å². The molecule has 0 amide bonds. The lowest BCUT2D eigenvalue weighted by Crippen LogP contribution is -2.08. The minimum atomic E-state index is -0.537. The highest BCUT2D eigenvalue weighted by atomic mass is 16.3. The van der Waals surface area contributed by atoms with Crippen LogP contribution in [-0.2, 0) is 0 Å². The SMILES string of the molecule is CC(C)(C)CC[C@H](O)c1ccc(O)cn1. The van der Waals surface area contributed by atoms with E-state index in [2.05, 4.69) is 25.8 Å². The molecule has 1 aromatic heterocycles. The standard InChI is InChI=1S/C12H19NO2/c1-12(2,3)7-6-11(15)10-5-4-9(14)8-13-10/h4-5,8,11,14-15H,6-7H2,1-3H3/t11-/m0/s1. The molecule has 0 spiro atoms. The fourth-order valence-electron chi connectivity index (χ4n) is 1.31. The number of hydrogen-bond acceptors (Lipinski definition) is 3. The Morgan fingerprint density at radius 2 is 2.00 bits per heavy atom. The van der Waals surface area contributed by atoms with Crippen LogP contribution in [0.2, 0.25) is 0 Å². The molecule has 3 heteroatoms. The fourth-order valence-corrected chi connectivity index (χ4v) is 1.31. The summed E-state index contributed by atoms with van der Waals surface area (Å²) in [6, 6.07) is 3.20. The minimum absolute atomic E-state index is 0.127. The molecule has 1 heterocycles. The highest BCUT2D eigenvalue weighted by Gasteiger charge is 2.15. The molecule has 0 aliphatic heterocycles. The maximum Gasteiger partial charge on any atom is 0.133 e. The van der Waals surface area contributed by atoms with Crippen LogP contribution in [0.4, 0.5) is 0 Å². The number of aliphatic hydroxyl groups is 1. The highest BCUT2D eigenvalue weighted by molar-refractivity contribution is 5.19. The Bertz CT molecular complexity index is 300. The van der Waals surface area contributed by atoms with Gasteiger partial charge in [-0.3, -0.25) is 4.98 Å². The topological polar surface area (TPSA) is 53.4 Å². The lowest BCUT2D eigenvalue weighted by Gasteiger charge is -2.20. The highest BCUT2D eigenvalue weighted by Crippen LogP contribution is 2.26. The van der Waals surface area contributed by atoms with Gasteiger partial charge in [0, 0.05) is 0 Å². The summed E-state index contributed by atoms with van der Waals surface area (Å²) in [5.41, 5.74) is 0.842. The maximum atomic E-state index is 9.83. The van der Waals surface area contributed by atoms with Gasteiger partial charge in [0.05, 0.1) is 18.0 Å². The van der Waals surface area contributed by atoms with Crippen molar-refractivity contribution in [2.75, 3.05) is 0 Å². The molecule has 1 aromatic rings. The molecular formula is C12H19NO2. The summed E-state index contributed by atoms with van der Waals surface area (Å²) >= 11 is 0. The second-order valence-corrected chi connectivity index (χ2v) is 5.06. The van der Waals surface area contributed by atoms with Crippen LogP contribution in [0.1, 0.15) is 45.4 Å². The van der Waals surface area contributed by atoms with E-state index in [1.165, 1.54) is 6.20 Å². The summed E-state index contributed by atoms with van der Waals surface area (Å²) < 4.78 is 0. The number of rotatable bonds is 3. The molecule has 15 heavy (non-hydrogen) atoms. The fraction of sp³-hybridized carbons (Fsp3) is 0.583. The summed E-state index contributed by atoms with van der Waals surface area (Å²) in [7, 11) is 0. The van der Waals surface area contributed by atoms with Crippen LogP contribution in [0.25, 0.3) is 0 Å². The molecule has 2 N–H and O–H groups in total. The Balaban J connectivity index is 2.54. The predicted molar refractivity (Wildman–Crippen MR) is 59.6 cm³/mol. The molecule has 1 rings (SSSR count). The van der Waals surface area contributed by atoms with Gasteiger partial charge in [-0.15, -0.1) is 0 Å². The van der Waals surface area contributed by atoms with Crippen LogP contribution >= 0.6 is 0 Å². The van der Waals surface area contributed by atoms with E-state index in [0.29, 0.717) is 12.1 Å². The van der Waals surface area contributed by atoms with Gasteiger partial charge in [-0.2, -0.15) is 0 Å². The largest absolute Gasteiger partial charge is 0.506 e. The van der Waals surface area contributed by atoms with Gasteiger partial charge in [-0.25, -0.2) is 0 Å². The zero-order valence-electron chi connectivity index (χ0n) is 9.57. The first-order valence-corrected chi connectivity index (χ1v) is 5.21. The number of aliphatic hydroxyl groups excluding tert-OH is 1. The number of nitrogens with zero attached hydrogens (tertiary/aromatic N) is 1. The van der Waals surface area contributed by atoms with Gasteiger partial charge in [-0.1, -0.05) is 20.8 Å². The van der Waals surface area contributed by atoms with Gasteiger partial charge in [0.1, 0.15) is 5.75 Å². The van der Waals surface area contributed by atoms with Crippen molar-refractivity contribution in [1.82, 2.24) is 4.98 Å². The van der Waals surface area contributed by atoms with Crippen molar-refractivity contribution in [3.63, 3.8) is 0 Å². The Labute approximate surface area is 90.8 Å². The Morgan fingerprint density at radius 3 is 2.47 bits per heavy atom. The Hall–Kier alpha value is -1.09. The number of aromatic nitrogens is 1. The van der Waals surface area contributed by atoms with Crippen LogP contribution in [0.5, 0.6) is 5.75 Å². The monoisotopic (exact) mass is 209 g/mol. The van der Waals surface area contributed by atoms with Crippen molar-refractivity contribution in [3.05, 3.63) is 24.0 Å². The van der Waals surface area contributed by atoms with E-state index in [-0.39, 0.29) is 11.2 Å². The predicted octanol–water partition coefficient (Wildman–Crippen LogP) is 2.65. The maximum absolute atomic E-state index is 9.83. The summed E-state index contributed by atoms with van der Waals surface area (Å²) in [5, 5.41) is 18.9. The first-order chi connectivity index (χ1) is 6.88. The Kier molecular flexibility index (Phi) is 3.69. The van der Waals surface area contributed by atoms with Crippen molar-refractivity contribution >= 4 is 0 Å². The van der Waals surface area contributed by atoms with E-state index >= 15 is 0 Å². The third-order valence-electron chi connectivity index (χ3n) is 2.28. The molecule has 0 bridgehead atoms. The van der Waals surface area contributed by atoms with Crippen molar-refractivity contribution in [3.8, 4) is 5.75 Å². The van der Waals surface area contributed by atoms with Crippen molar-refractivity contribution < 1.29 is 10.2 Å². The van der Waals surface area contributed by atoms with Crippen molar-refractivity contribution in [2.45, 2.75) is 39.7 Å². The molecule has 84 valence electrons. The van der Waals surface area contributed by atoms with E-state index in [4.69, 9.17) is 5.11 Å². The van der Waals surface area contributed by atoms with Gasteiger partial charge < -0.3 is 10.2 Å². The molecule has 0 unspecified atom stereocenters. The van der Waals surface area contributed by atoms with Gasteiger partial charge in [0.15, 0.2) is 0 Å². The number of pyridine rings is 1. The van der Waals surface area contributed by atoms with Crippen LogP contribution in [-0.4, -0.2) is 15.2 Å². The molecule has 0 aromatic carbocycles. The van der Waals surface area contributed by atoms with Gasteiger partial charge in [0.2, 0.25) is 0 Å². The molecule has 0 radical (unpaired) electrons. The molecule has 0 fully saturated rings. The van der Waals surface area contributed by atoms with Crippen molar-refractivity contribution in [2.24, 2.45) is 5.41 Å². The van der Waals surface area contributed by atoms with Crippen LogP contribution in [0, 0.1) is 5.41 Å². The lowest BCUT2D eigenvalue weighted by molar-refractivity contribution is 0.143. The molecule has 0 saturated carbocycles. The summed E-state index contributed by atoms with van der Waals surface area (Å²) in [4.78, 5) is 3.98. The lowest BCUT2D eigenvalue weighted by atomic mass is 9.89. The van der Waals surface area contributed by atoms with Crippen LogP contribution < -0.4 is 0 Å². The smallest absolute Gasteiger partial charge is 0.133 e. The minimum Gasteiger partial charge on any atom is -0.506 e. The molecular weight excluding hydrogens is 190 g/mol. The summed E-state index contributed by atoms with van der Waals surface area (Å²) in [5.74, 6) is 0.127. The second kappa shape index (κ2) is 4.62. The molecule has 0 aliphatic carbocycles. The number of hydrogen-bond donors (Lipinski definition) is 2. The molecule has 1 atom stereocenters. The quantitative estimate of drug-likeness (QED) is 0.804. The summed E-state index contributed by atoms with van der Waals surface area (Å²) in [6.07, 6.45) is 2.46. The molecule has 0 saturated heterocycles. The first kappa shape index (κ1) is 12.0. The van der Waals surface area contributed by atoms with E-state index in [1.807, 2.05) is 0 Å². The average molecular weight is 209 g/mol.